The van der Waals surface area contributed by atoms with Gasteiger partial charge < -0.3 is 19.6 Å². The fraction of sp³-hybridized carbons (Fsp3) is 0.500. The SMILES string of the molecule is CN1CCN(c2ncc(Sc3ccno3)cc2NC2CC2)CC1. The molecule has 2 aromatic rings. The topological polar surface area (TPSA) is 57.4 Å². The Labute approximate surface area is 140 Å². The normalized spacial score (nSPS) is 19.1. The summed E-state index contributed by atoms with van der Waals surface area (Å²) < 4.78 is 5.18. The third-order valence-electron chi connectivity index (χ3n) is 4.21. The monoisotopic (exact) mass is 331 g/mol. The quantitative estimate of drug-likeness (QED) is 0.903. The van der Waals surface area contributed by atoms with Gasteiger partial charge in [-0.05, 0) is 37.7 Å². The number of aromatic nitrogens is 2. The van der Waals surface area contributed by atoms with Crippen LogP contribution in [0.3, 0.4) is 0 Å². The van der Waals surface area contributed by atoms with Crippen LogP contribution in [0.2, 0.25) is 0 Å². The second-order valence-electron chi connectivity index (χ2n) is 6.18. The number of nitrogens with zero attached hydrogens (tertiary/aromatic N) is 4. The molecule has 0 bridgehead atoms. The molecule has 0 spiro atoms. The summed E-state index contributed by atoms with van der Waals surface area (Å²) >= 11 is 1.55. The lowest BCUT2D eigenvalue weighted by Crippen LogP contribution is -2.45. The van der Waals surface area contributed by atoms with Crippen LogP contribution in [0.5, 0.6) is 0 Å². The smallest absolute Gasteiger partial charge is 0.197 e. The summed E-state index contributed by atoms with van der Waals surface area (Å²) in [6.45, 7) is 4.22. The largest absolute Gasteiger partial charge is 0.379 e. The second-order valence-corrected chi connectivity index (χ2v) is 7.26. The lowest BCUT2D eigenvalue weighted by molar-refractivity contribution is 0.312. The van der Waals surface area contributed by atoms with Gasteiger partial charge in [0, 0.05) is 49.4 Å². The van der Waals surface area contributed by atoms with Crippen molar-refractivity contribution in [3.05, 3.63) is 24.5 Å². The Morgan fingerprint density at radius 3 is 2.78 bits per heavy atom. The third-order valence-corrected chi connectivity index (χ3v) is 5.08. The summed E-state index contributed by atoms with van der Waals surface area (Å²) in [7, 11) is 2.17. The van der Waals surface area contributed by atoms with Crippen molar-refractivity contribution in [1.29, 1.82) is 0 Å². The van der Waals surface area contributed by atoms with Crippen LogP contribution in [0.4, 0.5) is 11.5 Å². The Hall–Kier alpha value is -1.73. The zero-order valence-corrected chi connectivity index (χ0v) is 14.1. The van der Waals surface area contributed by atoms with Gasteiger partial charge >= 0.3 is 0 Å². The maximum absolute atomic E-state index is 5.18. The standard InChI is InChI=1S/C16H21N5OS/c1-20-6-8-21(9-7-20)16-14(19-12-2-3-12)10-13(11-17-16)23-15-4-5-18-22-15/h4-5,10-12,19H,2-3,6-9H2,1H3. The molecule has 2 aromatic heterocycles. The third kappa shape index (κ3) is 3.61. The number of rotatable bonds is 5. The molecule has 3 heterocycles. The Kier molecular flexibility index (Phi) is 4.13. The summed E-state index contributed by atoms with van der Waals surface area (Å²) in [5.74, 6) is 1.08. The van der Waals surface area contributed by atoms with Crippen LogP contribution in [0.1, 0.15) is 12.8 Å². The molecule has 0 unspecified atom stereocenters. The predicted molar refractivity (Wildman–Crippen MR) is 91.2 cm³/mol. The molecule has 1 saturated heterocycles. The lowest BCUT2D eigenvalue weighted by Gasteiger charge is -2.34. The molecule has 7 heteroatoms. The first-order valence-corrected chi connectivity index (χ1v) is 8.88. The van der Waals surface area contributed by atoms with Crippen molar-refractivity contribution in [2.45, 2.75) is 28.9 Å². The Bertz CT molecular complexity index is 650. The second kappa shape index (κ2) is 6.41. The molecule has 2 fully saturated rings. The molecule has 0 radical (unpaired) electrons. The molecule has 1 aliphatic carbocycles. The number of piperazine rings is 1. The van der Waals surface area contributed by atoms with E-state index in [2.05, 4.69) is 33.4 Å². The summed E-state index contributed by atoms with van der Waals surface area (Å²) in [5.41, 5.74) is 1.14. The minimum absolute atomic E-state index is 0.605. The van der Waals surface area contributed by atoms with Crippen molar-refractivity contribution in [3.63, 3.8) is 0 Å². The summed E-state index contributed by atoms with van der Waals surface area (Å²) in [4.78, 5) is 10.6. The molecule has 0 aromatic carbocycles. The first-order valence-electron chi connectivity index (χ1n) is 8.06. The van der Waals surface area contributed by atoms with E-state index in [1.165, 1.54) is 12.8 Å². The molecule has 23 heavy (non-hydrogen) atoms. The minimum atomic E-state index is 0.605. The van der Waals surface area contributed by atoms with Crippen LogP contribution in [-0.4, -0.2) is 54.3 Å². The number of likely N-dealkylation sites (N-methyl/N-ethyl adjacent to an activating group) is 1. The highest BCUT2D eigenvalue weighted by atomic mass is 32.2. The molecule has 1 aliphatic heterocycles. The van der Waals surface area contributed by atoms with E-state index >= 15 is 0 Å². The molecule has 122 valence electrons. The van der Waals surface area contributed by atoms with Gasteiger partial charge in [-0.2, -0.15) is 0 Å². The first kappa shape index (κ1) is 14.8. The van der Waals surface area contributed by atoms with Gasteiger partial charge in [0.2, 0.25) is 0 Å². The van der Waals surface area contributed by atoms with Crippen LogP contribution in [0.25, 0.3) is 0 Å². The van der Waals surface area contributed by atoms with E-state index in [1.807, 2.05) is 12.3 Å². The number of nitrogens with one attached hydrogen (secondary N) is 1. The van der Waals surface area contributed by atoms with E-state index in [-0.39, 0.29) is 0 Å². The van der Waals surface area contributed by atoms with Crippen LogP contribution >= 0.6 is 11.8 Å². The highest BCUT2D eigenvalue weighted by Gasteiger charge is 2.25. The van der Waals surface area contributed by atoms with Gasteiger partial charge in [-0.15, -0.1) is 0 Å². The highest BCUT2D eigenvalue weighted by molar-refractivity contribution is 7.99. The molecule has 4 rings (SSSR count). The first-order chi connectivity index (χ1) is 11.3. The summed E-state index contributed by atoms with van der Waals surface area (Å²) in [5, 5.41) is 8.18. The molecule has 2 aliphatic rings. The minimum Gasteiger partial charge on any atom is -0.379 e. The van der Waals surface area contributed by atoms with E-state index in [0.29, 0.717) is 6.04 Å². The Balaban J connectivity index is 1.57. The van der Waals surface area contributed by atoms with Gasteiger partial charge in [-0.25, -0.2) is 4.98 Å². The van der Waals surface area contributed by atoms with Crippen LogP contribution in [-0.2, 0) is 0 Å². The molecular weight excluding hydrogens is 310 g/mol. The average molecular weight is 331 g/mol. The van der Waals surface area contributed by atoms with Gasteiger partial charge in [0.25, 0.3) is 0 Å². The summed E-state index contributed by atoms with van der Waals surface area (Å²) in [6, 6.07) is 4.66. The lowest BCUT2D eigenvalue weighted by atomic mass is 10.3. The zero-order valence-electron chi connectivity index (χ0n) is 13.2. The highest BCUT2D eigenvalue weighted by Crippen LogP contribution is 2.35. The van der Waals surface area contributed by atoms with Crippen molar-refractivity contribution in [2.24, 2.45) is 0 Å². The zero-order chi connectivity index (χ0) is 15.6. The van der Waals surface area contributed by atoms with Crippen molar-refractivity contribution < 1.29 is 4.52 Å². The van der Waals surface area contributed by atoms with Crippen LogP contribution in [0.15, 0.2) is 39.0 Å². The van der Waals surface area contributed by atoms with Crippen molar-refractivity contribution in [2.75, 3.05) is 43.4 Å². The van der Waals surface area contributed by atoms with Crippen molar-refractivity contribution in [1.82, 2.24) is 15.0 Å². The molecule has 0 atom stereocenters. The fourth-order valence-corrected chi connectivity index (χ4v) is 3.41. The van der Waals surface area contributed by atoms with Crippen LogP contribution < -0.4 is 10.2 Å². The molecule has 6 nitrogen and oxygen atoms in total. The molecular formula is C16H21N5OS. The Morgan fingerprint density at radius 1 is 1.26 bits per heavy atom. The molecule has 1 N–H and O–H groups in total. The number of hydrogen-bond acceptors (Lipinski definition) is 7. The van der Waals surface area contributed by atoms with Gasteiger partial charge in [-0.3, -0.25) is 0 Å². The Morgan fingerprint density at radius 2 is 2.09 bits per heavy atom. The van der Waals surface area contributed by atoms with E-state index in [4.69, 9.17) is 9.51 Å². The van der Waals surface area contributed by atoms with Gasteiger partial charge in [0.05, 0.1) is 11.9 Å². The molecule has 1 saturated carbocycles. The molecule has 0 amide bonds. The number of pyridine rings is 1. The van der Waals surface area contributed by atoms with Crippen molar-refractivity contribution >= 4 is 23.3 Å². The van der Waals surface area contributed by atoms with E-state index in [9.17, 15) is 0 Å². The van der Waals surface area contributed by atoms with E-state index < -0.39 is 0 Å². The summed E-state index contributed by atoms with van der Waals surface area (Å²) in [6.07, 6.45) is 6.10. The number of anilines is 2. The number of hydrogen-bond donors (Lipinski definition) is 1. The van der Waals surface area contributed by atoms with E-state index in [0.717, 1.165) is 47.7 Å². The van der Waals surface area contributed by atoms with Crippen molar-refractivity contribution in [3.8, 4) is 0 Å². The van der Waals surface area contributed by atoms with E-state index in [1.54, 1.807) is 18.0 Å². The maximum Gasteiger partial charge on any atom is 0.197 e. The van der Waals surface area contributed by atoms with Crippen LogP contribution in [0, 0.1) is 0 Å². The van der Waals surface area contributed by atoms with Gasteiger partial charge in [0.1, 0.15) is 0 Å². The maximum atomic E-state index is 5.18. The van der Waals surface area contributed by atoms with Gasteiger partial charge in [0.15, 0.2) is 10.9 Å². The fourth-order valence-electron chi connectivity index (χ4n) is 2.69. The predicted octanol–water partition coefficient (Wildman–Crippen LogP) is 2.55. The average Bonchev–Trinajstić information content (AvgIpc) is 3.22. The van der Waals surface area contributed by atoms with Gasteiger partial charge in [-0.1, -0.05) is 5.16 Å².